The maximum Gasteiger partial charge on any atom is 0.331 e. The monoisotopic (exact) mass is 289 g/mol. The van der Waals surface area contributed by atoms with E-state index in [4.69, 9.17) is 0 Å². The van der Waals surface area contributed by atoms with Crippen LogP contribution in [0.2, 0.25) is 0 Å². The van der Waals surface area contributed by atoms with Crippen LogP contribution in [-0.4, -0.2) is 14.1 Å². The Balaban J connectivity index is 2.50. The minimum Gasteiger partial charge on any atom is -0.361 e. The van der Waals surface area contributed by atoms with E-state index in [1.807, 2.05) is 32.2 Å². The van der Waals surface area contributed by atoms with Gasteiger partial charge < -0.3 is 4.98 Å². The number of rotatable bonds is 2. The predicted octanol–water partition coefficient (Wildman–Crippen LogP) is 2.09. The van der Waals surface area contributed by atoms with E-state index in [-0.39, 0.29) is 11.2 Å². The number of thiophene rings is 1. The first kappa shape index (κ1) is 12.9. The average Bonchev–Trinajstić information content (AvgIpc) is 3.04. The van der Waals surface area contributed by atoms with Crippen LogP contribution in [0.4, 0.5) is 0 Å². The van der Waals surface area contributed by atoms with Gasteiger partial charge in [-0.1, -0.05) is 0 Å². The van der Waals surface area contributed by atoms with Gasteiger partial charge in [-0.3, -0.25) is 13.9 Å². The molecule has 0 bridgehead atoms. The Morgan fingerprint density at radius 3 is 2.70 bits per heavy atom. The Labute approximate surface area is 119 Å². The lowest BCUT2D eigenvalue weighted by Crippen LogP contribution is -2.38. The largest absolute Gasteiger partial charge is 0.361 e. The third kappa shape index (κ3) is 1.61. The summed E-state index contributed by atoms with van der Waals surface area (Å²) in [5, 5.41) is 0.642. The molecule has 3 aromatic rings. The highest BCUT2D eigenvalue weighted by atomic mass is 32.1. The number of hydrogen-bond donors (Lipinski definition) is 1. The summed E-state index contributed by atoms with van der Waals surface area (Å²) in [6.45, 7) is 4.12. The summed E-state index contributed by atoms with van der Waals surface area (Å²) in [6, 6.07) is 3.89. The number of aryl methyl sites for hydroxylation is 2. The first-order valence-electron chi connectivity index (χ1n) is 6.43. The highest BCUT2D eigenvalue weighted by Gasteiger charge is 2.18. The third-order valence-corrected chi connectivity index (χ3v) is 4.97. The number of nitrogens with one attached hydrogen (secondary N) is 1. The van der Waals surface area contributed by atoms with Crippen molar-refractivity contribution in [1.82, 2.24) is 14.1 Å². The van der Waals surface area contributed by atoms with Crippen molar-refractivity contribution >= 4 is 21.6 Å². The topological polar surface area (TPSA) is 59.8 Å². The molecule has 0 radical (unpaired) electrons. The van der Waals surface area contributed by atoms with Crippen LogP contribution in [0.25, 0.3) is 20.8 Å². The second-order valence-corrected chi connectivity index (χ2v) is 5.71. The fourth-order valence-electron chi connectivity index (χ4n) is 2.48. The molecule has 3 aromatic heterocycles. The molecule has 5 nitrogen and oxygen atoms in total. The average molecular weight is 289 g/mol. The van der Waals surface area contributed by atoms with Crippen molar-refractivity contribution < 1.29 is 0 Å². The number of aromatic amines is 1. The number of aromatic nitrogens is 3. The van der Waals surface area contributed by atoms with Crippen molar-refractivity contribution in [3.05, 3.63) is 44.7 Å². The Kier molecular flexibility index (Phi) is 2.90. The molecular weight excluding hydrogens is 274 g/mol. The van der Waals surface area contributed by atoms with Gasteiger partial charge in [0.1, 0.15) is 4.83 Å². The molecule has 0 saturated heterocycles. The van der Waals surface area contributed by atoms with E-state index in [1.165, 1.54) is 15.9 Å². The van der Waals surface area contributed by atoms with E-state index in [9.17, 15) is 9.59 Å². The number of hydrogen-bond acceptors (Lipinski definition) is 3. The summed E-state index contributed by atoms with van der Waals surface area (Å²) in [4.78, 5) is 29.5. The highest BCUT2D eigenvalue weighted by molar-refractivity contribution is 7.22. The van der Waals surface area contributed by atoms with Gasteiger partial charge in [0.05, 0.1) is 16.0 Å². The van der Waals surface area contributed by atoms with E-state index < -0.39 is 0 Å². The lowest BCUT2D eigenvalue weighted by atomic mass is 10.2. The fraction of sp³-hybridized carbons (Fsp3) is 0.286. The van der Waals surface area contributed by atoms with Crippen molar-refractivity contribution in [1.29, 1.82) is 0 Å². The van der Waals surface area contributed by atoms with Crippen molar-refractivity contribution in [2.45, 2.75) is 20.4 Å². The summed E-state index contributed by atoms with van der Waals surface area (Å²) in [5.74, 6) is 0. The highest BCUT2D eigenvalue weighted by Crippen LogP contribution is 2.34. The van der Waals surface area contributed by atoms with E-state index in [2.05, 4.69) is 4.98 Å². The van der Waals surface area contributed by atoms with Gasteiger partial charge >= 0.3 is 5.69 Å². The van der Waals surface area contributed by atoms with Gasteiger partial charge in [-0.15, -0.1) is 11.3 Å². The lowest BCUT2D eigenvalue weighted by Gasteiger charge is -2.05. The Morgan fingerprint density at radius 1 is 1.35 bits per heavy atom. The molecule has 20 heavy (non-hydrogen) atoms. The predicted molar refractivity (Wildman–Crippen MR) is 81.5 cm³/mol. The standard InChI is InChI=1S/C14H15N3O2S/c1-4-17-12(18)10-8(2)11(9-6-5-7-15-9)20-13(10)16(3)14(17)19/h5-7,15H,4H2,1-3H3. The van der Waals surface area contributed by atoms with Gasteiger partial charge in [0.25, 0.3) is 5.56 Å². The smallest absolute Gasteiger partial charge is 0.331 e. The SMILES string of the molecule is CCn1c(=O)c2c(C)c(-c3ccc[nH]3)sc2n(C)c1=O. The Morgan fingerprint density at radius 2 is 2.10 bits per heavy atom. The van der Waals surface area contributed by atoms with E-state index in [0.717, 1.165) is 21.0 Å². The molecule has 3 rings (SSSR count). The number of H-pyrrole nitrogens is 1. The van der Waals surface area contributed by atoms with Crippen LogP contribution in [0.1, 0.15) is 12.5 Å². The molecule has 0 spiro atoms. The van der Waals surface area contributed by atoms with Crippen LogP contribution in [0.3, 0.4) is 0 Å². The van der Waals surface area contributed by atoms with Crippen molar-refractivity contribution in [3.63, 3.8) is 0 Å². The van der Waals surface area contributed by atoms with E-state index in [1.54, 1.807) is 11.6 Å². The van der Waals surface area contributed by atoms with Crippen LogP contribution in [-0.2, 0) is 13.6 Å². The molecule has 0 saturated carbocycles. The summed E-state index contributed by atoms with van der Waals surface area (Å²) in [6.07, 6.45) is 1.85. The van der Waals surface area contributed by atoms with Crippen molar-refractivity contribution in [2.24, 2.45) is 7.05 Å². The van der Waals surface area contributed by atoms with Gasteiger partial charge in [-0.25, -0.2) is 4.79 Å². The molecule has 6 heteroatoms. The zero-order chi connectivity index (χ0) is 14.4. The summed E-state index contributed by atoms with van der Waals surface area (Å²) >= 11 is 1.47. The maximum absolute atomic E-state index is 12.5. The number of nitrogens with zero attached hydrogens (tertiary/aromatic N) is 2. The normalized spacial score (nSPS) is 11.3. The zero-order valence-corrected chi connectivity index (χ0v) is 12.4. The van der Waals surface area contributed by atoms with Crippen LogP contribution < -0.4 is 11.2 Å². The molecule has 0 unspecified atom stereocenters. The van der Waals surface area contributed by atoms with Gasteiger partial charge in [0.2, 0.25) is 0 Å². The molecule has 0 aliphatic carbocycles. The van der Waals surface area contributed by atoms with Crippen LogP contribution in [0.5, 0.6) is 0 Å². The lowest BCUT2D eigenvalue weighted by molar-refractivity contribution is 0.642. The minimum absolute atomic E-state index is 0.197. The van der Waals surface area contributed by atoms with E-state index >= 15 is 0 Å². The molecule has 0 amide bonds. The molecule has 0 aliphatic heterocycles. The zero-order valence-electron chi connectivity index (χ0n) is 11.6. The van der Waals surface area contributed by atoms with Gasteiger partial charge in [-0.05, 0) is 31.5 Å². The quantitative estimate of drug-likeness (QED) is 0.785. The Bertz CT molecular complexity index is 897. The second-order valence-electron chi connectivity index (χ2n) is 4.71. The van der Waals surface area contributed by atoms with Crippen molar-refractivity contribution in [2.75, 3.05) is 0 Å². The molecule has 104 valence electrons. The first-order valence-corrected chi connectivity index (χ1v) is 7.24. The molecular formula is C14H15N3O2S. The molecule has 0 atom stereocenters. The molecule has 0 fully saturated rings. The first-order chi connectivity index (χ1) is 9.56. The summed E-state index contributed by atoms with van der Waals surface area (Å²) in [7, 11) is 1.71. The maximum atomic E-state index is 12.5. The fourth-order valence-corrected chi connectivity index (χ4v) is 3.73. The Hall–Kier alpha value is -2.08. The minimum atomic E-state index is -0.260. The van der Waals surface area contributed by atoms with E-state index in [0.29, 0.717) is 11.9 Å². The van der Waals surface area contributed by atoms with Crippen molar-refractivity contribution in [3.8, 4) is 10.6 Å². The summed E-state index contributed by atoms with van der Waals surface area (Å²) in [5.41, 5.74) is 1.44. The number of fused-ring (bicyclic) bond motifs is 1. The van der Waals surface area contributed by atoms with Gasteiger partial charge in [0, 0.05) is 19.8 Å². The molecule has 0 aliphatic rings. The molecule has 0 aromatic carbocycles. The summed E-state index contributed by atoms with van der Waals surface area (Å²) < 4.78 is 2.84. The van der Waals surface area contributed by atoms with Gasteiger partial charge in [-0.2, -0.15) is 0 Å². The van der Waals surface area contributed by atoms with Crippen LogP contribution >= 0.6 is 11.3 Å². The van der Waals surface area contributed by atoms with Crippen LogP contribution in [0.15, 0.2) is 27.9 Å². The molecule has 3 heterocycles. The molecule has 1 N–H and O–H groups in total. The third-order valence-electron chi connectivity index (χ3n) is 3.57. The van der Waals surface area contributed by atoms with Crippen LogP contribution in [0, 0.1) is 6.92 Å². The van der Waals surface area contributed by atoms with Gasteiger partial charge in [0.15, 0.2) is 0 Å². The second kappa shape index (κ2) is 4.49.